The topological polar surface area (TPSA) is 81.0 Å². The molecule has 7 nitrogen and oxygen atoms in total. The zero-order valence-corrected chi connectivity index (χ0v) is 18.0. The maximum atomic E-state index is 13.2. The fourth-order valence-electron chi connectivity index (χ4n) is 4.43. The lowest BCUT2D eigenvalue weighted by atomic mass is 10.1. The maximum Gasteiger partial charge on any atom is 0.268 e. The second-order valence-corrected chi connectivity index (χ2v) is 8.52. The summed E-state index contributed by atoms with van der Waals surface area (Å²) >= 11 is 0. The predicted octanol–water partition coefficient (Wildman–Crippen LogP) is 4.52. The lowest BCUT2D eigenvalue weighted by molar-refractivity contribution is 0.0891. The van der Waals surface area contributed by atoms with Crippen LogP contribution in [-0.4, -0.2) is 32.0 Å². The van der Waals surface area contributed by atoms with Crippen molar-refractivity contribution < 1.29 is 9.59 Å². The highest BCUT2D eigenvalue weighted by Gasteiger charge is 2.29. The number of imidazole rings is 1. The molecular weight excluding hydrogens is 390 g/mol. The average Bonchev–Trinajstić information content (AvgIpc) is 3.30. The summed E-state index contributed by atoms with van der Waals surface area (Å²) in [5.74, 6) is 0.217. The first-order valence-corrected chi connectivity index (χ1v) is 10.6. The fraction of sp³-hybridized carbons (Fsp3) is 0.292. The van der Waals surface area contributed by atoms with Crippen LogP contribution in [0.1, 0.15) is 60.6 Å². The summed E-state index contributed by atoms with van der Waals surface area (Å²) in [4.78, 5) is 30.2. The van der Waals surface area contributed by atoms with Gasteiger partial charge in [-0.1, -0.05) is 18.2 Å². The van der Waals surface area contributed by atoms with E-state index in [9.17, 15) is 9.59 Å². The minimum atomic E-state index is -0.226. The number of hydrogen-bond donors (Lipinski definition) is 2. The van der Waals surface area contributed by atoms with Crippen molar-refractivity contribution in [3.8, 4) is 0 Å². The lowest BCUT2D eigenvalue weighted by Crippen LogP contribution is -2.44. The highest BCUT2D eigenvalue weighted by molar-refractivity contribution is 6.07. The van der Waals surface area contributed by atoms with E-state index in [0.29, 0.717) is 17.2 Å². The highest BCUT2D eigenvalue weighted by atomic mass is 16.2. The number of carbonyl (C=O) groups excluding carboxylic acids is 2. The van der Waals surface area contributed by atoms with Crippen LogP contribution in [0.2, 0.25) is 0 Å². The monoisotopic (exact) mass is 415 g/mol. The zero-order chi connectivity index (χ0) is 21.9. The van der Waals surface area contributed by atoms with E-state index in [4.69, 9.17) is 0 Å². The first-order valence-electron chi connectivity index (χ1n) is 10.6. The van der Waals surface area contributed by atoms with Crippen LogP contribution >= 0.6 is 0 Å². The van der Waals surface area contributed by atoms with Crippen molar-refractivity contribution in [1.82, 2.24) is 19.4 Å². The molecule has 158 valence electrons. The van der Waals surface area contributed by atoms with Crippen molar-refractivity contribution >= 4 is 39.7 Å². The number of aromatic nitrogens is 3. The van der Waals surface area contributed by atoms with Gasteiger partial charge in [0.1, 0.15) is 5.69 Å². The Hall–Kier alpha value is -3.61. The molecule has 0 aliphatic carbocycles. The number of nitrogens with one attached hydrogen (secondary N) is 2. The predicted molar refractivity (Wildman–Crippen MR) is 122 cm³/mol. The summed E-state index contributed by atoms with van der Waals surface area (Å²) in [6, 6.07) is 15.5. The molecule has 4 aromatic rings. The molecule has 31 heavy (non-hydrogen) atoms. The SMILES string of the molecule is CC1NC(=O)c2cc3ccc(C(=O)Nc4nc5ccccc5n4C(C)C)cc3n2C1C. The average molecular weight is 415 g/mol. The van der Waals surface area contributed by atoms with Crippen molar-refractivity contribution in [2.24, 2.45) is 0 Å². The normalized spacial score (nSPS) is 18.4. The smallest absolute Gasteiger partial charge is 0.268 e. The van der Waals surface area contributed by atoms with Gasteiger partial charge in [0.25, 0.3) is 11.8 Å². The third-order valence-corrected chi connectivity index (χ3v) is 6.16. The molecule has 2 unspecified atom stereocenters. The summed E-state index contributed by atoms with van der Waals surface area (Å²) in [6.07, 6.45) is 0. The van der Waals surface area contributed by atoms with E-state index in [0.717, 1.165) is 21.9 Å². The Morgan fingerprint density at radius 2 is 1.87 bits per heavy atom. The number of benzene rings is 2. The van der Waals surface area contributed by atoms with Gasteiger partial charge in [0, 0.05) is 28.6 Å². The minimum Gasteiger partial charge on any atom is -0.346 e. The second-order valence-electron chi connectivity index (χ2n) is 8.52. The Morgan fingerprint density at radius 3 is 2.65 bits per heavy atom. The molecule has 3 heterocycles. The lowest BCUT2D eigenvalue weighted by Gasteiger charge is -2.30. The van der Waals surface area contributed by atoms with Gasteiger partial charge in [-0.25, -0.2) is 4.98 Å². The number of anilines is 1. The van der Waals surface area contributed by atoms with Crippen molar-refractivity contribution in [1.29, 1.82) is 0 Å². The first-order chi connectivity index (χ1) is 14.8. The van der Waals surface area contributed by atoms with E-state index in [2.05, 4.69) is 36.4 Å². The number of hydrogen-bond acceptors (Lipinski definition) is 3. The van der Waals surface area contributed by atoms with Gasteiger partial charge in [-0.05, 0) is 58.0 Å². The molecule has 0 saturated heterocycles. The van der Waals surface area contributed by atoms with E-state index >= 15 is 0 Å². The largest absolute Gasteiger partial charge is 0.346 e. The molecular formula is C24H25N5O2. The fourth-order valence-corrected chi connectivity index (χ4v) is 4.43. The Kier molecular flexibility index (Phi) is 4.36. The van der Waals surface area contributed by atoms with E-state index in [-0.39, 0.29) is 29.9 Å². The number of para-hydroxylation sites is 2. The van der Waals surface area contributed by atoms with Crippen LogP contribution in [0.5, 0.6) is 0 Å². The molecule has 7 heteroatoms. The summed E-state index contributed by atoms with van der Waals surface area (Å²) in [7, 11) is 0. The molecule has 0 bridgehead atoms. The molecule has 2 amide bonds. The summed E-state index contributed by atoms with van der Waals surface area (Å²) in [6.45, 7) is 8.20. The van der Waals surface area contributed by atoms with Gasteiger partial charge in [0.2, 0.25) is 5.95 Å². The Bertz CT molecular complexity index is 1350. The second kappa shape index (κ2) is 6.97. The molecule has 0 saturated carbocycles. The van der Waals surface area contributed by atoms with Crippen LogP contribution in [0.25, 0.3) is 21.9 Å². The zero-order valence-electron chi connectivity index (χ0n) is 18.0. The standard InChI is InChI=1S/C24H25N5O2/c1-13(2)28-19-8-6-5-7-18(19)26-24(28)27-22(30)17-10-9-16-11-21-23(31)25-14(3)15(4)29(21)20(16)12-17/h5-15H,1-4H3,(H,25,31)(H,26,27,30). The molecule has 0 radical (unpaired) electrons. The van der Waals surface area contributed by atoms with Crippen LogP contribution in [0, 0.1) is 0 Å². The van der Waals surface area contributed by atoms with E-state index in [1.165, 1.54) is 0 Å². The van der Waals surface area contributed by atoms with E-state index < -0.39 is 0 Å². The van der Waals surface area contributed by atoms with Gasteiger partial charge in [0.05, 0.1) is 17.1 Å². The third kappa shape index (κ3) is 3.00. The molecule has 2 N–H and O–H groups in total. The van der Waals surface area contributed by atoms with Gasteiger partial charge >= 0.3 is 0 Å². The van der Waals surface area contributed by atoms with Crippen molar-refractivity contribution in [3.63, 3.8) is 0 Å². The number of nitrogens with zero attached hydrogens (tertiary/aromatic N) is 3. The van der Waals surface area contributed by atoms with Gasteiger partial charge in [-0.15, -0.1) is 0 Å². The number of rotatable bonds is 3. The quantitative estimate of drug-likeness (QED) is 0.516. The molecule has 1 aliphatic heterocycles. The first kappa shape index (κ1) is 19.4. The molecule has 2 atom stereocenters. The number of fused-ring (bicyclic) bond motifs is 4. The Balaban J connectivity index is 1.55. The van der Waals surface area contributed by atoms with Crippen LogP contribution in [0.3, 0.4) is 0 Å². The number of carbonyl (C=O) groups is 2. The van der Waals surface area contributed by atoms with Gasteiger partial charge in [-0.2, -0.15) is 0 Å². The minimum absolute atomic E-state index is 0.0130. The third-order valence-electron chi connectivity index (χ3n) is 6.16. The van der Waals surface area contributed by atoms with Crippen molar-refractivity contribution in [2.75, 3.05) is 5.32 Å². The van der Waals surface area contributed by atoms with Crippen LogP contribution in [-0.2, 0) is 0 Å². The van der Waals surface area contributed by atoms with Gasteiger partial charge < -0.3 is 14.5 Å². The molecule has 0 fully saturated rings. The molecule has 0 spiro atoms. The maximum absolute atomic E-state index is 13.2. The van der Waals surface area contributed by atoms with Crippen LogP contribution in [0.4, 0.5) is 5.95 Å². The molecule has 5 rings (SSSR count). The van der Waals surface area contributed by atoms with E-state index in [1.807, 2.05) is 58.5 Å². The summed E-state index contributed by atoms with van der Waals surface area (Å²) < 4.78 is 4.05. The molecule has 2 aromatic heterocycles. The number of amides is 2. The highest BCUT2D eigenvalue weighted by Crippen LogP contribution is 2.30. The molecule has 2 aromatic carbocycles. The van der Waals surface area contributed by atoms with Gasteiger partial charge in [-0.3, -0.25) is 14.9 Å². The van der Waals surface area contributed by atoms with Gasteiger partial charge in [0.15, 0.2) is 0 Å². The Morgan fingerprint density at radius 1 is 1.10 bits per heavy atom. The van der Waals surface area contributed by atoms with Crippen molar-refractivity contribution in [3.05, 3.63) is 59.8 Å². The Labute approximate surface area is 180 Å². The van der Waals surface area contributed by atoms with Crippen LogP contribution in [0.15, 0.2) is 48.5 Å². The van der Waals surface area contributed by atoms with Crippen LogP contribution < -0.4 is 10.6 Å². The van der Waals surface area contributed by atoms with E-state index in [1.54, 1.807) is 6.07 Å². The molecule has 1 aliphatic rings. The summed E-state index contributed by atoms with van der Waals surface area (Å²) in [5.41, 5.74) is 3.87. The van der Waals surface area contributed by atoms with Crippen molar-refractivity contribution in [2.45, 2.75) is 45.8 Å². The summed E-state index contributed by atoms with van der Waals surface area (Å²) in [5, 5.41) is 6.93.